The molecular formula is C11H12BrN5. The van der Waals surface area contributed by atoms with E-state index in [1.54, 1.807) is 7.05 Å². The van der Waals surface area contributed by atoms with Crippen LogP contribution in [0.2, 0.25) is 0 Å². The minimum atomic E-state index is 0.529. The summed E-state index contributed by atoms with van der Waals surface area (Å²) in [5, 5.41) is 3.36. The lowest BCUT2D eigenvalue weighted by Crippen LogP contribution is -2.18. The Kier molecular flexibility index (Phi) is 2.39. The van der Waals surface area contributed by atoms with E-state index in [2.05, 4.69) is 47.7 Å². The zero-order valence-corrected chi connectivity index (χ0v) is 11.2. The van der Waals surface area contributed by atoms with Crippen molar-refractivity contribution >= 4 is 21.7 Å². The first kappa shape index (κ1) is 10.7. The molecule has 0 aliphatic carbocycles. The van der Waals surface area contributed by atoms with Gasteiger partial charge in [0.1, 0.15) is 11.6 Å². The van der Waals surface area contributed by atoms with E-state index >= 15 is 0 Å². The van der Waals surface area contributed by atoms with Crippen molar-refractivity contribution < 1.29 is 0 Å². The molecule has 5 nitrogen and oxygen atoms in total. The van der Waals surface area contributed by atoms with Crippen molar-refractivity contribution in [1.82, 2.24) is 14.5 Å². The van der Waals surface area contributed by atoms with E-state index in [0.29, 0.717) is 5.62 Å². The highest BCUT2D eigenvalue weighted by molar-refractivity contribution is 9.10. The van der Waals surface area contributed by atoms with Gasteiger partial charge >= 0.3 is 0 Å². The van der Waals surface area contributed by atoms with E-state index < -0.39 is 0 Å². The summed E-state index contributed by atoms with van der Waals surface area (Å²) in [5.74, 6) is 2.04. The zero-order valence-electron chi connectivity index (χ0n) is 9.66. The molecule has 0 aromatic carbocycles. The SMILES string of the molecule is CN=c1ncc2c(C)c(Br)c3n(c-2n1)CCN3. The van der Waals surface area contributed by atoms with Gasteiger partial charge in [0.2, 0.25) is 5.62 Å². The second-order valence-electron chi connectivity index (χ2n) is 4.00. The van der Waals surface area contributed by atoms with Gasteiger partial charge in [0.25, 0.3) is 0 Å². The second-order valence-corrected chi connectivity index (χ2v) is 4.79. The lowest BCUT2D eigenvalue weighted by molar-refractivity contribution is 0.774. The first-order valence-electron chi connectivity index (χ1n) is 5.44. The molecule has 6 heteroatoms. The molecule has 0 amide bonds. The van der Waals surface area contributed by atoms with E-state index in [0.717, 1.165) is 40.3 Å². The number of rotatable bonds is 0. The van der Waals surface area contributed by atoms with Gasteiger partial charge in [-0.1, -0.05) is 0 Å². The third kappa shape index (κ3) is 1.47. The molecule has 88 valence electrons. The number of halogens is 1. The van der Waals surface area contributed by atoms with Crippen LogP contribution in [-0.2, 0) is 6.54 Å². The predicted octanol–water partition coefficient (Wildman–Crippen LogP) is 1.41. The van der Waals surface area contributed by atoms with Crippen LogP contribution in [0.1, 0.15) is 5.56 Å². The Morgan fingerprint density at radius 2 is 2.35 bits per heavy atom. The molecule has 1 N–H and O–H groups in total. The largest absolute Gasteiger partial charge is 0.369 e. The van der Waals surface area contributed by atoms with Crippen LogP contribution in [0.25, 0.3) is 11.4 Å². The van der Waals surface area contributed by atoms with Gasteiger partial charge in [-0.2, -0.15) is 4.98 Å². The minimum Gasteiger partial charge on any atom is -0.369 e. The van der Waals surface area contributed by atoms with Gasteiger partial charge in [0, 0.05) is 31.9 Å². The first-order valence-corrected chi connectivity index (χ1v) is 6.24. The zero-order chi connectivity index (χ0) is 12.0. The molecular weight excluding hydrogens is 282 g/mol. The highest BCUT2D eigenvalue weighted by Crippen LogP contribution is 2.37. The van der Waals surface area contributed by atoms with Crippen LogP contribution in [-0.4, -0.2) is 28.1 Å². The second kappa shape index (κ2) is 3.80. The van der Waals surface area contributed by atoms with Crippen LogP contribution in [0.3, 0.4) is 0 Å². The fraction of sp³-hybridized carbons (Fsp3) is 0.364. The molecule has 0 saturated carbocycles. The Morgan fingerprint density at radius 1 is 1.53 bits per heavy atom. The number of aromatic nitrogens is 3. The molecule has 0 spiro atoms. The Labute approximate surface area is 107 Å². The number of hydrogen-bond acceptors (Lipinski definition) is 4. The van der Waals surface area contributed by atoms with Crippen molar-refractivity contribution in [3.05, 3.63) is 21.9 Å². The van der Waals surface area contributed by atoms with Crippen molar-refractivity contribution in [3.63, 3.8) is 0 Å². The Bertz CT molecular complexity index is 631. The highest BCUT2D eigenvalue weighted by Gasteiger charge is 2.22. The van der Waals surface area contributed by atoms with Gasteiger partial charge in [-0.15, -0.1) is 0 Å². The quantitative estimate of drug-likeness (QED) is 0.799. The van der Waals surface area contributed by atoms with E-state index in [1.807, 2.05) is 6.20 Å². The first-order chi connectivity index (χ1) is 8.22. The summed E-state index contributed by atoms with van der Waals surface area (Å²) >= 11 is 3.63. The molecule has 0 saturated heterocycles. The molecule has 0 radical (unpaired) electrons. The summed E-state index contributed by atoms with van der Waals surface area (Å²) in [6.45, 7) is 3.92. The van der Waals surface area contributed by atoms with Crippen molar-refractivity contribution in [2.24, 2.45) is 4.99 Å². The van der Waals surface area contributed by atoms with Crippen LogP contribution >= 0.6 is 15.9 Å². The van der Waals surface area contributed by atoms with E-state index in [4.69, 9.17) is 0 Å². The minimum absolute atomic E-state index is 0.529. The number of fused-ring (bicyclic) bond motifs is 3. The molecule has 3 heterocycles. The highest BCUT2D eigenvalue weighted by atomic mass is 79.9. The van der Waals surface area contributed by atoms with Gasteiger partial charge in [-0.25, -0.2) is 4.98 Å². The maximum Gasteiger partial charge on any atom is 0.246 e. The smallest absolute Gasteiger partial charge is 0.246 e. The lowest BCUT2D eigenvalue weighted by atomic mass is 10.1. The number of nitrogens with zero attached hydrogens (tertiary/aromatic N) is 4. The average Bonchev–Trinajstić information content (AvgIpc) is 2.84. The summed E-state index contributed by atoms with van der Waals surface area (Å²) < 4.78 is 3.26. The third-order valence-corrected chi connectivity index (χ3v) is 4.02. The third-order valence-electron chi connectivity index (χ3n) is 3.05. The molecule has 0 bridgehead atoms. The van der Waals surface area contributed by atoms with Gasteiger partial charge < -0.3 is 9.88 Å². The monoisotopic (exact) mass is 293 g/mol. The summed E-state index contributed by atoms with van der Waals surface area (Å²) in [6, 6.07) is 0. The predicted molar refractivity (Wildman–Crippen MR) is 69.1 cm³/mol. The molecule has 17 heavy (non-hydrogen) atoms. The van der Waals surface area contributed by atoms with E-state index in [9.17, 15) is 0 Å². The topological polar surface area (TPSA) is 55.1 Å². The summed E-state index contributed by atoms with van der Waals surface area (Å²) in [4.78, 5) is 12.7. The molecule has 0 unspecified atom stereocenters. The number of hydrogen-bond donors (Lipinski definition) is 1. The molecule has 0 aromatic rings. The summed E-state index contributed by atoms with van der Waals surface area (Å²) in [6.07, 6.45) is 1.84. The molecule has 3 aliphatic rings. The number of nitrogens with one attached hydrogen (secondary N) is 1. The van der Waals surface area contributed by atoms with Crippen LogP contribution < -0.4 is 10.9 Å². The maximum atomic E-state index is 4.49. The van der Waals surface area contributed by atoms with Crippen LogP contribution in [0.15, 0.2) is 15.7 Å². The van der Waals surface area contributed by atoms with Crippen molar-refractivity contribution in [1.29, 1.82) is 0 Å². The van der Waals surface area contributed by atoms with Crippen LogP contribution in [0.4, 0.5) is 5.82 Å². The molecule has 0 fully saturated rings. The normalized spacial score (nSPS) is 15.1. The average molecular weight is 294 g/mol. The van der Waals surface area contributed by atoms with Gasteiger partial charge in [0.05, 0.1) is 4.47 Å². The number of anilines is 1. The van der Waals surface area contributed by atoms with Crippen LogP contribution in [0, 0.1) is 6.92 Å². The van der Waals surface area contributed by atoms with Crippen molar-refractivity contribution in [2.75, 3.05) is 18.9 Å². The summed E-state index contributed by atoms with van der Waals surface area (Å²) in [5.41, 5.74) is 2.75. The standard InChI is InChI=1S/C11H12BrN5/c1-6-7-5-15-11(13-2)16-9(7)17-4-3-14-10(17)8(6)12/h5,14H,3-4H2,1-2H3. The van der Waals surface area contributed by atoms with Gasteiger partial charge in [-0.05, 0) is 28.4 Å². The van der Waals surface area contributed by atoms with Crippen molar-refractivity contribution in [3.8, 4) is 11.4 Å². The molecule has 0 atom stereocenters. The van der Waals surface area contributed by atoms with E-state index in [1.165, 1.54) is 0 Å². The van der Waals surface area contributed by atoms with Crippen molar-refractivity contribution in [2.45, 2.75) is 13.5 Å². The lowest BCUT2D eigenvalue weighted by Gasteiger charge is -2.17. The fourth-order valence-electron chi connectivity index (χ4n) is 2.14. The van der Waals surface area contributed by atoms with Gasteiger partial charge in [-0.3, -0.25) is 4.99 Å². The summed E-state index contributed by atoms with van der Waals surface area (Å²) in [7, 11) is 1.70. The Hall–Kier alpha value is -1.43. The van der Waals surface area contributed by atoms with Gasteiger partial charge in [0.15, 0.2) is 0 Å². The molecule has 3 aliphatic heterocycles. The number of pyridine rings is 1. The molecule has 0 aromatic heterocycles. The Morgan fingerprint density at radius 3 is 3.12 bits per heavy atom. The fourth-order valence-corrected chi connectivity index (χ4v) is 2.71. The Balaban J connectivity index is 2.46. The molecule has 3 rings (SSSR count). The van der Waals surface area contributed by atoms with Crippen LogP contribution in [0.5, 0.6) is 0 Å². The maximum absolute atomic E-state index is 4.49. The van der Waals surface area contributed by atoms with E-state index in [-0.39, 0.29) is 0 Å².